The van der Waals surface area contributed by atoms with Gasteiger partial charge in [0, 0.05) is 0 Å². The Labute approximate surface area is 187 Å². The van der Waals surface area contributed by atoms with Gasteiger partial charge >= 0.3 is 0 Å². The highest BCUT2D eigenvalue weighted by atomic mass is 32.1. The highest BCUT2D eigenvalue weighted by Crippen LogP contribution is 2.34. The van der Waals surface area contributed by atoms with Crippen LogP contribution in [0.1, 0.15) is 11.1 Å². The van der Waals surface area contributed by atoms with Crippen molar-refractivity contribution >= 4 is 38.8 Å². The van der Waals surface area contributed by atoms with Gasteiger partial charge in [-0.25, -0.2) is 9.37 Å². The van der Waals surface area contributed by atoms with Crippen molar-refractivity contribution in [3.8, 4) is 11.5 Å². The second kappa shape index (κ2) is 8.39. The molecule has 0 saturated carbocycles. The predicted octanol–water partition coefficient (Wildman–Crippen LogP) is 4.95. The van der Waals surface area contributed by atoms with Crippen LogP contribution < -0.4 is 14.5 Å². The summed E-state index contributed by atoms with van der Waals surface area (Å²) in [4.78, 5) is 18.0. The lowest BCUT2D eigenvalue weighted by Gasteiger charge is -2.27. The molecule has 5 rings (SSSR count). The number of amides is 1. The largest absolute Gasteiger partial charge is 0.485 e. The molecule has 1 unspecified atom stereocenters. The van der Waals surface area contributed by atoms with Crippen LogP contribution in [0.5, 0.6) is 11.5 Å². The van der Waals surface area contributed by atoms with Crippen LogP contribution >= 0.6 is 11.3 Å². The summed E-state index contributed by atoms with van der Waals surface area (Å²) in [6, 6.07) is 18.9. The molecule has 0 fully saturated rings. The molecule has 6 nitrogen and oxygen atoms in total. The van der Waals surface area contributed by atoms with Gasteiger partial charge in [0.05, 0.1) is 16.4 Å². The number of nitrogens with zero attached hydrogens (tertiary/aromatic N) is 3. The Morgan fingerprint density at radius 1 is 1.16 bits per heavy atom. The van der Waals surface area contributed by atoms with E-state index in [1.54, 1.807) is 24.3 Å². The van der Waals surface area contributed by atoms with E-state index in [0.717, 1.165) is 15.8 Å². The SMILES string of the molecule is Cc1ccc2nc(N(/N=C/c3ccc(F)cc3)C(=O)C3COc4ccccc4O3)sc2c1. The van der Waals surface area contributed by atoms with Crippen LogP contribution in [0, 0.1) is 12.7 Å². The molecule has 1 aliphatic rings. The van der Waals surface area contributed by atoms with Gasteiger partial charge in [-0.3, -0.25) is 4.79 Å². The van der Waals surface area contributed by atoms with Crippen molar-refractivity contribution in [2.45, 2.75) is 13.0 Å². The number of para-hydroxylation sites is 2. The van der Waals surface area contributed by atoms with E-state index in [-0.39, 0.29) is 12.4 Å². The van der Waals surface area contributed by atoms with E-state index in [4.69, 9.17) is 9.47 Å². The number of ether oxygens (including phenoxy) is 2. The van der Waals surface area contributed by atoms with E-state index in [2.05, 4.69) is 10.1 Å². The van der Waals surface area contributed by atoms with Gasteiger partial charge in [0.25, 0.3) is 5.91 Å². The molecule has 1 aliphatic heterocycles. The maximum Gasteiger partial charge on any atom is 0.294 e. The van der Waals surface area contributed by atoms with Crippen molar-refractivity contribution in [1.82, 2.24) is 4.98 Å². The minimum absolute atomic E-state index is 0.0580. The Hall–Kier alpha value is -3.78. The third-order valence-corrected chi connectivity index (χ3v) is 5.89. The van der Waals surface area contributed by atoms with Gasteiger partial charge in [-0.15, -0.1) is 0 Å². The highest BCUT2D eigenvalue weighted by molar-refractivity contribution is 7.22. The summed E-state index contributed by atoms with van der Waals surface area (Å²) in [5.41, 5.74) is 2.52. The average Bonchev–Trinajstić information content (AvgIpc) is 3.22. The van der Waals surface area contributed by atoms with Crippen LogP contribution in [0.3, 0.4) is 0 Å². The van der Waals surface area contributed by atoms with E-state index >= 15 is 0 Å². The lowest BCUT2D eigenvalue weighted by atomic mass is 10.2. The molecule has 1 atom stereocenters. The zero-order valence-corrected chi connectivity index (χ0v) is 17.9. The zero-order valence-electron chi connectivity index (χ0n) is 17.1. The first-order valence-corrected chi connectivity index (χ1v) is 10.8. The topological polar surface area (TPSA) is 64.0 Å². The molecule has 0 radical (unpaired) electrons. The third kappa shape index (κ3) is 4.04. The first kappa shape index (κ1) is 20.1. The summed E-state index contributed by atoms with van der Waals surface area (Å²) in [5.74, 6) is 0.338. The monoisotopic (exact) mass is 447 g/mol. The molecule has 0 saturated heterocycles. The normalized spacial score (nSPS) is 15.2. The number of thiazole rings is 1. The predicted molar refractivity (Wildman–Crippen MR) is 122 cm³/mol. The van der Waals surface area contributed by atoms with E-state index in [1.165, 1.54) is 34.7 Å². The number of carbonyl (C=O) groups excluding carboxylic acids is 1. The van der Waals surface area contributed by atoms with E-state index in [0.29, 0.717) is 22.2 Å². The molecule has 4 aromatic rings. The zero-order chi connectivity index (χ0) is 22.1. The highest BCUT2D eigenvalue weighted by Gasteiger charge is 2.33. The fourth-order valence-electron chi connectivity index (χ4n) is 3.26. The quantitative estimate of drug-likeness (QED) is 0.328. The lowest BCUT2D eigenvalue weighted by Crippen LogP contribution is -2.44. The number of carbonyl (C=O) groups is 1. The maximum absolute atomic E-state index is 13.4. The minimum Gasteiger partial charge on any atom is -0.485 e. The second-order valence-corrected chi connectivity index (χ2v) is 8.29. The summed E-state index contributed by atoms with van der Waals surface area (Å²) in [5, 5.41) is 6.03. The van der Waals surface area contributed by atoms with Gasteiger partial charge in [0.1, 0.15) is 12.4 Å². The van der Waals surface area contributed by atoms with Crippen LogP contribution in [-0.2, 0) is 4.79 Å². The molecular weight excluding hydrogens is 429 g/mol. The number of benzene rings is 3. The lowest BCUT2D eigenvalue weighted by molar-refractivity contribution is -0.127. The summed E-state index contributed by atoms with van der Waals surface area (Å²) < 4.78 is 25.8. The van der Waals surface area contributed by atoms with E-state index < -0.39 is 12.0 Å². The number of hydrazone groups is 1. The molecule has 0 N–H and O–H groups in total. The van der Waals surface area contributed by atoms with Crippen molar-refractivity contribution in [3.05, 3.63) is 83.7 Å². The molecule has 0 bridgehead atoms. The molecule has 1 aromatic heterocycles. The molecule has 160 valence electrons. The van der Waals surface area contributed by atoms with Crippen LogP contribution in [0.25, 0.3) is 10.2 Å². The number of fused-ring (bicyclic) bond motifs is 2. The fraction of sp³-hybridized carbons (Fsp3) is 0.125. The van der Waals surface area contributed by atoms with Crippen LogP contribution in [0.15, 0.2) is 71.8 Å². The first-order valence-electron chi connectivity index (χ1n) is 9.96. The van der Waals surface area contributed by atoms with Gasteiger partial charge < -0.3 is 9.47 Å². The van der Waals surface area contributed by atoms with Crippen molar-refractivity contribution in [2.24, 2.45) is 5.10 Å². The summed E-state index contributed by atoms with van der Waals surface area (Å²) in [6.45, 7) is 2.06. The Balaban J connectivity index is 1.49. The van der Waals surface area contributed by atoms with Gasteiger partial charge in [0.15, 0.2) is 11.5 Å². The molecule has 32 heavy (non-hydrogen) atoms. The molecule has 1 amide bonds. The Morgan fingerprint density at radius 3 is 2.75 bits per heavy atom. The Bertz CT molecular complexity index is 1320. The number of rotatable bonds is 4. The van der Waals surface area contributed by atoms with E-state index in [9.17, 15) is 9.18 Å². The van der Waals surface area contributed by atoms with Crippen molar-refractivity contribution in [1.29, 1.82) is 0 Å². The number of aromatic nitrogens is 1. The van der Waals surface area contributed by atoms with Crippen molar-refractivity contribution in [2.75, 3.05) is 11.6 Å². The van der Waals surface area contributed by atoms with Crippen LogP contribution in [-0.4, -0.2) is 29.8 Å². The van der Waals surface area contributed by atoms with Gasteiger partial charge in [-0.1, -0.05) is 41.7 Å². The van der Waals surface area contributed by atoms with Gasteiger partial charge in [-0.2, -0.15) is 10.1 Å². The molecule has 3 aromatic carbocycles. The smallest absolute Gasteiger partial charge is 0.294 e. The minimum atomic E-state index is -0.885. The third-order valence-electron chi connectivity index (χ3n) is 4.90. The Morgan fingerprint density at radius 2 is 1.94 bits per heavy atom. The molecule has 8 heteroatoms. The van der Waals surface area contributed by atoms with Gasteiger partial charge in [0.2, 0.25) is 11.2 Å². The van der Waals surface area contributed by atoms with E-state index in [1.807, 2.05) is 37.3 Å². The molecule has 0 aliphatic carbocycles. The van der Waals surface area contributed by atoms with Crippen LogP contribution in [0.2, 0.25) is 0 Å². The summed E-state index contributed by atoms with van der Waals surface area (Å²) >= 11 is 1.36. The molecule has 2 heterocycles. The van der Waals surface area contributed by atoms with Crippen molar-refractivity contribution in [3.63, 3.8) is 0 Å². The Kier molecular flexibility index (Phi) is 5.28. The fourth-order valence-corrected chi connectivity index (χ4v) is 4.29. The summed E-state index contributed by atoms with van der Waals surface area (Å²) in [6.07, 6.45) is 0.607. The number of anilines is 1. The number of hydrogen-bond donors (Lipinski definition) is 0. The summed E-state index contributed by atoms with van der Waals surface area (Å²) in [7, 11) is 0. The number of hydrogen-bond acceptors (Lipinski definition) is 6. The first-order chi connectivity index (χ1) is 15.6. The maximum atomic E-state index is 13.4. The second-order valence-electron chi connectivity index (χ2n) is 7.28. The number of aryl methyl sites for hydroxylation is 1. The van der Waals surface area contributed by atoms with Crippen molar-refractivity contribution < 1.29 is 18.7 Å². The standard InChI is InChI=1S/C24H18FN3O3S/c1-15-6-11-18-22(12-15)32-24(27-18)28(26-13-16-7-9-17(25)10-8-16)23(29)21-14-30-19-4-2-3-5-20(19)31-21/h2-13,21H,14H2,1H3/b26-13+. The van der Waals surface area contributed by atoms with Crippen LogP contribution in [0.4, 0.5) is 9.52 Å². The van der Waals surface area contributed by atoms with Gasteiger partial charge in [-0.05, 0) is 54.4 Å². The molecular formula is C24H18FN3O3S. The average molecular weight is 447 g/mol. The molecule has 0 spiro atoms. The number of halogens is 1.